The molecule has 1 aliphatic carbocycles. The van der Waals surface area contributed by atoms with E-state index in [1.807, 2.05) is 11.8 Å². The van der Waals surface area contributed by atoms with Gasteiger partial charge in [0.05, 0.1) is 26.3 Å². The van der Waals surface area contributed by atoms with Crippen LogP contribution in [0.1, 0.15) is 45.4 Å². The van der Waals surface area contributed by atoms with Crippen LogP contribution in [0.15, 0.2) is 0 Å². The summed E-state index contributed by atoms with van der Waals surface area (Å²) in [5.41, 5.74) is 2.44. The molecule has 0 aromatic heterocycles. The van der Waals surface area contributed by atoms with E-state index >= 15 is 0 Å². The summed E-state index contributed by atoms with van der Waals surface area (Å²) < 4.78 is 33.3. The van der Waals surface area contributed by atoms with E-state index < -0.39 is 24.3 Å². The average Bonchev–Trinajstić information content (AvgIpc) is 3.29. The first-order chi connectivity index (χ1) is 14.8. The Kier molecular flexibility index (Phi) is 6.42. The Labute approximate surface area is 182 Å². The molecule has 0 bridgehead atoms. The van der Waals surface area contributed by atoms with Crippen LogP contribution in [0.25, 0.3) is 0 Å². The first kappa shape index (κ1) is 22.7. The zero-order valence-electron chi connectivity index (χ0n) is 18.4. The predicted octanol–water partition coefficient (Wildman–Crippen LogP) is 1.85. The molecule has 3 aliphatic heterocycles. The molecule has 1 atom stereocenters. The molecule has 176 valence electrons. The van der Waals surface area contributed by atoms with Crippen molar-refractivity contribution in [2.45, 2.75) is 69.5 Å². The maximum absolute atomic E-state index is 14.1. The lowest BCUT2D eigenvalue weighted by molar-refractivity contribution is -0.137. The topological polar surface area (TPSA) is 74.4 Å². The number of nitrogens with one attached hydrogen (secondary N) is 1. The van der Waals surface area contributed by atoms with E-state index in [9.17, 15) is 18.4 Å². The zero-order chi connectivity index (χ0) is 22.2. The molecule has 1 unspecified atom stereocenters. The third kappa shape index (κ3) is 4.66. The van der Waals surface area contributed by atoms with Crippen LogP contribution < -0.4 is 5.48 Å². The fraction of sp³-hybridized carbons (Fsp3) is 0.905. The Hall–Kier alpha value is -1.52. The summed E-state index contributed by atoms with van der Waals surface area (Å²) in [4.78, 5) is 34.8. The van der Waals surface area contributed by atoms with Gasteiger partial charge >= 0.3 is 6.09 Å². The maximum atomic E-state index is 14.1. The highest BCUT2D eigenvalue weighted by molar-refractivity contribution is 5.81. The third-order valence-corrected chi connectivity index (χ3v) is 7.60. The molecule has 4 fully saturated rings. The van der Waals surface area contributed by atoms with Crippen LogP contribution in [0.4, 0.5) is 13.6 Å². The van der Waals surface area contributed by atoms with Crippen molar-refractivity contribution in [3.05, 3.63) is 0 Å². The van der Waals surface area contributed by atoms with Crippen molar-refractivity contribution >= 4 is 12.0 Å². The number of rotatable bonds is 5. The number of halogens is 2. The first-order valence-corrected chi connectivity index (χ1v) is 11.4. The number of alkyl halides is 2. The van der Waals surface area contributed by atoms with Gasteiger partial charge in [-0.25, -0.2) is 19.1 Å². The Morgan fingerprint density at radius 1 is 1.06 bits per heavy atom. The van der Waals surface area contributed by atoms with E-state index in [4.69, 9.17) is 4.74 Å². The highest BCUT2D eigenvalue weighted by Crippen LogP contribution is 2.50. The van der Waals surface area contributed by atoms with Gasteiger partial charge < -0.3 is 14.5 Å². The minimum atomic E-state index is -2.85. The van der Waals surface area contributed by atoms with Gasteiger partial charge in [-0.2, -0.15) is 0 Å². The molecule has 4 aliphatic rings. The lowest BCUT2D eigenvalue weighted by Gasteiger charge is -2.52. The number of hydrogen-bond donors (Lipinski definition) is 1. The summed E-state index contributed by atoms with van der Waals surface area (Å²) in [7, 11) is 1.31. The smallest absolute Gasteiger partial charge is 0.409 e. The number of hydroxylamine groups is 1. The predicted molar refractivity (Wildman–Crippen MR) is 108 cm³/mol. The summed E-state index contributed by atoms with van der Waals surface area (Å²) in [6, 6.07) is -0.362. The first-order valence-electron chi connectivity index (χ1n) is 11.4. The number of piperidine rings is 1. The van der Waals surface area contributed by atoms with Crippen LogP contribution in [-0.4, -0.2) is 97.2 Å². The second-order valence-electron chi connectivity index (χ2n) is 9.62. The van der Waals surface area contributed by atoms with Crippen LogP contribution in [0.2, 0.25) is 0 Å². The molecule has 31 heavy (non-hydrogen) atoms. The van der Waals surface area contributed by atoms with Crippen molar-refractivity contribution < 1.29 is 27.9 Å². The largest absolute Gasteiger partial charge is 0.450 e. The monoisotopic (exact) mass is 444 g/mol. The average molecular weight is 445 g/mol. The van der Waals surface area contributed by atoms with Crippen LogP contribution >= 0.6 is 0 Å². The van der Waals surface area contributed by atoms with Gasteiger partial charge in [-0.3, -0.25) is 14.5 Å². The van der Waals surface area contributed by atoms with Gasteiger partial charge in [-0.1, -0.05) is 0 Å². The molecular weight excluding hydrogens is 410 g/mol. The van der Waals surface area contributed by atoms with Crippen molar-refractivity contribution in [1.29, 1.82) is 0 Å². The van der Waals surface area contributed by atoms with Crippen LogP contribution in [0.3, 0.4) is 0 Å². The molecule has 1 saturated carbocycles. The molecule has 1 spiro atoms. The van der Waals surface area contributed by atoms with E-state index in [1.54, 1.807) is 4.90 Å². The summed E-state index contributed by atoms with van der Waals surface area (Å²) in [5.74, 6) is -3.34. The normalized spacial score (nSPS) is 34.1. The highest BCUT2D eigenvalue weighted by atomic mass is 19.3. The minimum absolute atomic E-state index is 0.0166. The third-order valence-electron chi connectivity index (χ3n) is 7.60. The van der Waals surface area contributed by atoms with Crippen LogP contribution in [0.5, 0.6) is 0 Å². The second kappa shape index (κ2) is 8.78. The molecule has 3 heterocycles. The Balaban J connectivity index is 1.26. The Bertz CT molecular complexity index is 680. The molecule has 4 rings (SSSR count). The number of likely N-dealkylation sites (tertiary alicyclic amines) is 3. The van der Waals surface area contributed by atoms with E-state index in [-0.39, 0.29) is 24.1 Å². The van der Waals surface area contributed by atoms with Gasteiger partial charge in [0.2, 0.25) is 0 Å². The Morgan fingerprint density at radius 2 is 1.77 bits per heavy atom. The van der Waals surface area contributed by atoms with Crippen molar-refractivity contribution in [2.24, 2.45) is 5.41 Å². The molecule has 0 radical (unpaired) electrons. The van der Waals surface area contributed by atoms with Gasteiger partial charge in [-0.15, -0.1) is 0 Å². The van der Waals surface area contributed by atoms with Crippen molar-refractivity contribution in [3.63, 3.8) is 0 Å². The second-order valence-corrected chi connectivity index (χ2v) is 9.62. The fourth-order valence-corrected chi connectivity index (χ4v) is 6.06. The van der Waals surface area contributed by atoms with Gasteiger partial charge in [-0.05, 0) is 57.5 Å². The molecule has 0 aromatic carbocycles. The lowest BCUT2D eigenvalue weighted by atomic mass is 9.64. The van der Waals surface area contributed by atoms with Crippen molar-refractivity contribution in [3.8, 4) is 0 Å². The zero-order valence-corrected chi connectivity index (χ0v) is 18.4. The van der Waals surface area contributed by atoms with E-state index in [0.29, 0.717) is 12.6 Å². The molecule has 3 saturated heterocycles. The molecule has 10 heteroatoms. The summed E-state index contributed by atoms with van der Waals surface area (Å²) in [6.45, 7) is 5.11. The molecule has 8 nitrogen and oxygen atoms in total. The molecule has 1 N–H and O–H groups in total. The minimum Gasteiger partial charge on any atom is -0.450 e. The lowest BCUT2D eigenvalue weighted by Crippen LogP contribution is -2.57. The van der Waals surface area contributed by atoms with Crippen molar-refractivity contribution in [2.75, 3.05) is 46.4 Å². The highest BCUT2D eigenvalue weighted by Gasteiger charge is 2.53. The van der Waals surface area contributed by atoms with E-state index in [2.05, 4.69) is 15.2 Å². The van der Waals surface area contributed by atoms with Crippen molar-refractivity contribution in [1.82, 2.24) is 20.2 Å². The summed E-state index contributed by atoms with van der Waals surface area (Å²) >= 11 is 0. The SMILES string of the molecule is CCOC(=O)N1CCC2(CC(N3CCC(N4CC(F)(F)CC4C(=O)NOC)CC3)C2)C1. The van der Waals surface area contributed by atoms with Gasteiger partial charge in [0.15, 0.2) is 0 Å². The molecular formula is C21H34F2N4O4. The van der Waals surface area contributed by atoms with Crippen LogP contribution in [0, 0.1) is 5.41 Å². The maximum Gasteiger partial charge on any atom is 0.409 e. The number of carbonyl (C=O) groups is 2. The molecule has 2 amide bonds. The standard InChI is InChI=1S/C21H34F2N4O4/c1-3-31-19(29)26-9-6-20(13-26)10-16(11-20)25-7-4-15(5-8-25)27-14-21(22,23)12-17(27)18(28)24-30-2/h15-17H,3-14H2,1-2H3,(H,24,28). The molecule has 0 aromatic rings. The quantitative estimate of drug-likeness (QED) is 0.653. The number of hydrogen-bond acceptors (Lipinski definition) is 6. The van der Waals surface area contributed by atoms with Crippen LogP contribution in [-0.2, 0) is 14.4 Å². The number of nitrogens with zero attached hydrogens (tertiary/aromatic N) is 3. The summed E-state index contributed by atoms with van der Waals surface area (Å²) in [6.07, 6.45) is 4.08. The van der Waals surface area contributed by atoms with E-state index in [0.717, 1.165) is 58.3 Å². The number of ether oxygens (including phenoxy) is 1. The van der Waals surface area contributed by atoms with Gasteiger partial charge in [0.25, 0.3) is 11.8 Å². The number of carbonyl (C=O) groups excluding carboxylic acids is 2. The Morgan fingerprint density at radius 3 is 2.42 bits per heavy atom. The van der Waals surface area contributed by atoms with Gasteiger partial charge in [0, 0.05) is 31.6 Å². The fourth-order valence-electron chi connectivity index (χ4n) is 6.06. The van der Waals surface area contributed by atoms with Gasteiger partial charge in [0.1, 0.15) is 0 Å². The van der Waals surface area contributed by atoms with E-state index in [1.165, 1.54) is 7.11 Å². The summed E-state index contributed by atoms with van der Waals surface area (Å²) in [5, 5.41) is 0. The number of amides is 2.